The molecule has 1 aliphatic rings. The van der Waals surface area contributed by atoms with Gasteiger partial charge in [0.1, 0.15) is 5.75 Å². The number of carbonyl (C=O) groups excluding carboxylic acids is 1. The molecule has 1 aliphatic carbocycles. The van der Waals surface area contributed by atoms with E-state index in [1.54, 1.807) is 0 Å². The Morgan fingerprint density at radius 1 is 0.860 bits per heavy atom. The summed E-state index contributed by atoms with van der Waals surface area (Å²) >= 11 is 0. The van der Waals surface area contributed by atoms with E-state index >= 15 is 0 Å². The highest BCUT2D eigenvalue weighted by molar-refractivity contribution is 6.27. The third-order valence-electron chi connectivity index (χ3n) is 8.03. The van der Waals surface area contributed by atoms with Gasteiger partial charge in [-0.15, -0.1) is 0 Å². The van der Waals surface area contributed by atoms with Crippen LogP contribution in [-0.4, -0.2) is 82.2 Å². The van der Waals surface area contributed by atoms with Crippen LogP contribution in [0.15, 0.2) is 35.1 Å². The van der Waals surface area contributed by atoms with Crippen LogP contribution in [-0.2, 0) is 14.4 Å². The average molecular weight is 602 g/mol. The molecule has 1 saturated carbocycles. The summed E-state index contributed by atoms with van der Waals surface area (Å²) in [7, 11) is 0. The monoisotopic (exact) mass is 601 g/mol. The first-order valence-electron chi connectivity index (χ1n) is 16.0. The smallest absolute Gasteiger partial charge is 0.414 e. The number of pyridine rings is 1. The Hall–Kier alpha value is -3.40. The predicted molar refractivity (Wildman–Crippen MR) is 169 cm³/mol. The molecule has 1 aromatic carbocycles. The van der Waals surface area contributed by atoms with Gasteiger partial charge in [-0.3, -0.25) is 9.59 Å². The Balaban J connectivity index is 0.000000973. The second-order valence-corrected chi connectivity index (χ2v) is 11.3. The normalized spacial score (nSPS) is 13.9. The van der Waals surface area contributed by atoms with Gasteiger partial charge in [-0.05, 0) is 88.3 Å². The summed E-state index contributed by atoms with van der Waals surface area (Å²) in [5, 5.41) is 15.7. The van der Waals surface area contributed by atoms with Crippen molar-refractivity contribution in [3.8, 4) is 5.75 Å². The molecule has 3 rings (SSSR count). The van der Waals surface area contributed by atoms with Crippen molar-refractivity contribution in [3.05, 3.63) is 40.7 Å². The van der Waals surface area contributed by atoms with E-state index in [1.807, 2.05) is 24.3 Å². The number of fused-ring (bicyclic) bond motifs is 1. The Bertz CT molecular complexity index is 1160. The SMILES string of the molecule is CCN(CC)CCCCN(CC1CCCCCCC1)C(=O)CCCCOc1ccc2[nH]c(=O)ccc2c1.O=C(O)C(=O)O. The fourth-order valence-corrected chi connectivity index (χ4v) is 5.48. The van der Waals surface area contributed by atoms with Crippen LogP contribution < -0.4 is 10.3 Å². The van der Waals surface area contributed by atoms with Crippen molar-refractivity contribution in [3.63, 3.8) is 0 Å². The summed E-state index contributed by atoms with van der Waals surface area (Å²) in [6.45, 7) is 10.2. The highest BCUT2D eigenvalue weighted by Crippen LogP contribution is 2.24. The molecule has 240 valence electrons. The van der Waals surface area contributed by atoms with Crippen molar-refractivity contribution in [2.45, 2.75) is 90.9 Å². The number of carbonyl (C=O) groups is 3. The number of nitrogens with one attached hydrogen (secondary N) is 1. The maximum absolute atomic E-state index is 13.3. The van der Waals surface area contributed by atoms with Gasteiger partial charge in [-0.1, -0.05) is 46.0 Å². The van der Waals surface area contributed by atoms with Crippen LogP contribution in [0, 0.1) is 5.92 Å². The van der Waals surface area contributed by atoms with Crippen LogP contribution in [0.5, 0.6) is 5.75 Å². The first-order chi connectivity index (χ1) is 20.7. The fourth-order valence-electron chi connectivity index (χ4n) is 5.48. The molecule has 10 nitrogen and oxygen atoms in total. The number of hydrogen-bond donors (Lipinski definition) is 3. The van der Waals surface area contributed by atoms with E-state index in [0.717, 1.165) is 75.1 Å². The topological polar surface area (TPSA) is 140 Å². The molecule has 0 bridgehead atoms. The van der Waals surface area contributed by atoms with Crippen LogP contribution in [0.25, 0.3) is 10.9 Å². The van der Waals surface area contributed by atoms with E-state index in [4.69, 9.17) is 24.5 Å². The molecule has 1 heterocycles. The third-order valence-corrected chi connectivity index (χ3v) is 8.03. The zero-order valence-corrected chi connectivity index (χ0v) is 26.0. The van der Waals surface area contributed by atoms with Gasteiger partial charge in [0.15, 0.2) is 0 Å². The summed E-state index contributed by atoms with van der Waals surface area (Å²) in [5.74, 6) is -1.87. The van der Waals surface area contributed by atoms with Crippen molar-refractivity contribution in [1.82, 2.24) is 14.8 Å². The minimum atomic E-state index is -1.82. The Morgan fingerprint density at radius 2 is 1.51 bits per heavy atom. The van der Waals surface area contributed by atoms with E-state index in [0.29, 0.717) is 24.9 Å². The van der Waals surface area contributed by atoms with Crippen molar-refractivity contribution in [2.24, 2.45) is 5.92 Å². The molecule has 0 aliphatic heterocycles. The van der Waals surface area contributed by atoms with E-state index in [-0.39, 0.29) is 5.56 Å². The first kappa shape index (κ1) is 35.8. The van der Waals surface area contributed by atoms with Gasteiger partial charge in [0.2, 0.25) is 11.5 Å². The minimum absolute atomic E-state index is 0.0988. The molecule has 1 amide bonds. The number of aliphatic carboxylic acids is 2. The highest BCUT2D eigenvalue weighted by Gasteiger charge is 2.19. The number of hydrogen-bond acceptors (Lipinski definition) is 6. The van der Waals surface area contributed by atoms with Crippen molar-refractivity contribution in [1.29, 1.82) is 0 Å². The molecule has 0 saturated heterocycles. The number of ether oxygens (including phenoxy) is 1. The largest absolute Gasteiger partial charge is 0.494 e. The van der Waals surface area contributed by atoms with Gasteiger partial charge in [-0.2, -0.15) is 0 Å². The highest BCUT2D eigenvalue weighted by atomic mass is 16.5. The van der Waals surface area contributed by atoms with Crippen LogP contribution in [0.4, 0.5) is 0 Å². The number of aromatic amines is 1. The standard InChI is InChI=1S/C31H49N3O3.C2H2O4/c1-3-33(4-2)21-11-12-22-34(25-26-14-8-6-5-7-9-15-26)31(36)16-10-13-23-37-28-18-19-29-27(24-28)17-20-30(35)32-29;3-1(4)2(5)6/h17-20,24,26H,3-16,21-23,25H2,1-2H3,(H,32,35);(H,3,4)(H,5,6). The van der Waals surface area contributed by atoms with Gasteiger partial charge >= 0.3 is 11.9 Å². The summed E-state index contributed by atoms with van der Waals surface area (Å²) in [6, 6.07) is 9.06. The molecule has 1 fully saturated rings. The third kappa shape index (κ3) is 14.6. The van der Waals surface area contributed by atoms with Gasteiger partial charge in [0, 0.05) is 36.5 Å². The number of H-pyrrole nitrogens is 1. The van der Waals surface area contributed by atoms with Crippen molar-refractivity contribution >= 4 is 28.7 Å². The average Bonchev–Trinajstić information content (AvgIpc) is 2.97. The molecule has 0 unspecified atom stereocenters. The molecule has 0 spiro atoms. The van der Waals surface area contributed by atoms with Crippen LogP contribution in [0.2, 0.25) is 0 Å². The lowest BCUT2D eigenvalue weighted by molar-refractivity contribution is -0.159. The number of benzene rings is 1. The zero-order valence-electron chi connectivity index (χ0n) is 26.0. The quantitative estimate of drug-likeness (QED) is 0.178. The van der Waals surface area contributed by atoms with E-state index < -0.39 is 11.9 Å². The number of aromatic nitrogens is 1. The zero-order chi connectivity index (χ0) is 31.5. The molecule has 0 atom stereocenters. The van der Waals surface area contributed by atoms with Crippen LogP contribution in [0.1, 0.15) is 90.9 Å². The van der Waals surface area contributed by atoms with Crippen molar-refractivity contribution in [2.75, 3.05) is 39.3 Å². The van der Waals surface area contributed by atoms with Gasteiger partial charge < -0.3 is 29.7 Å². The Kier molecular flexibility index (Phi) is 17.1. The number of carboxylic acid groups (broad SMARTS) is 2. The molecule has 0 radical (unpaired) electrons. The lowest BCUT2D eigenvalue weighted by Crippen LogP contribution is -2.37. The molecular weight excluding hydrogens is 550 g/mol. The molecule has 2 aromatic rings. The summed E-state index contributed by atoms with van der Waals surface area (Å²) < 4.78 is 5.94. The summed E-state index contributed by atoms with van der Waals surface area (Å²) in [5.41, 5.74) is 0.713. The van der Waals surface area contributed by atoms with E-state index in [9.17, 15) is 9.59 Å². The number of amides is 1. The van der Waals surface area contributed by atoms with Gasteiger partial charge in [-0.25, -0.2) is 9.59 Å². The van der Waals surface area contributed by atoms with Crippen LogP contribution in [0.3, 0.4) is 0 Å². The predicted octanol–water partition coefficient (Wildman–Crippen LogP) is 5.54. The number of rotatable bonds is 15. The summed E-state index contributed by atoms with van der Waals surface area (Å²) in [4.78, 5) is 50.4. The van der Waals surface area contributed by atoms with Gasteiger partial charge in [0.25, 0.3) is 0 Å². The number of nitrogens with zero attached hydrogens (tertiary/aromatic N) is 2. The second kappa shape index (κ2) is 20.5. The molecule has 3 N–H and O–H groups in total. The van der Waals surface area contributed by atoms with Gasteiger partial charge in [0.05, 0.1) is 6.61 Å². The molecular formula is C33H51N3O7. The Labute approximate surface area is 255 Å². The first-order valence-corrected chi connectivity index (χ1v) is 16.0. The lowest BCUT2D eigenvalue weighted by atomic mass is 9.90. The fraction of sp³-hybridized carbons (Fsp3) is 0.636. The van der Waals surface area contributed by atoms with E-state index in [2.05, 4.69) is 28.6 Å². The second-order valence-electron chi connectivity index (χ2n) is 11.3. The minimum Gasteiger partial charge on any atom is -0.494 e. The Morgan fingerprint density at radius 3 is 2.16 bits per heavy atom. The summed E-state index contributed by atoms with van der Waals surface area (Å²) in [6.07, 6.45) is 13.8. The van der Waals surface area contributed by atoms with E-state index in [1.165, 1.54) is 51.0 Å². The maximum atomic E-state index is 13.3. The molecule has 1 aromatic heterocycles. The molecule has 10 heteroatoms. The van der Waals surface area contributed by atoms with Crippen LogP contribution >= 0.6 is 0 Å². The number of carboxylic acids is 2. The molecule has 43 heavy (non-hydrogen) atoms. The number of unbranched alkanes of at least 4 members (excludes halogenated alkanes) is 2. The lowest BCUT2D eigenvalue weighted by Gasteiger charge is -2.29. The maximum Gasteiger partial charge on any atom is 0.414 e. The van der Waals surface area contributed by atoms with Crippen molar-refractivity contribution < 1.29 is 29.3 Å².